The third kappa shape index (κ3) is 6.34. The van der Waals surface area contributed by atoms with Gasteiger partial charge in [0.1, 0.15) is 11.6 Å². The number of hydrogen-bond donors (Lipinski definition) is 2. The fourth-order valence-corrected chi connectivity index (χ4v) is 2.79. The number of carbonyl (C=O) groups is 1. The molecule has 3 rings (SSSR count). The highest BCUT2D eigenvalue weighted by Gasteiger charge is 2.31. The van der Waals surface area contributed by atoms with Gasteiger partial charge in [-0.15, -0.1) is 13.2 Å². The SMILES string of the molecule is COC(=O)c1ccc(Nc2cc(-c3cccc(OC(F)(F)F)c3)nc(NC(C)C)n2)cc1. The number of hydrogen-bond acceptors (Lipinski definition) is 7. The molecular formula is C22H21F3N4O3. The molecule has 1 aromatic heterocycles. The maximum Gasteiger partial charge on any atom is 0.573 e. The standard InChI is InChI=1S/C22H21F3N4O3/c1-13(2)26-21-28-18(15-5-4-6-17(11-15)32-22(23,24)25)12-19(29-21)27-16-9-7-14(8-10-16)20(30)31-3/h4-13H,1-3H3,(H2,26,27,28,29). The number of esters is 1. The van der Waals surface area contributed by atoms with Crippen molar-refractivity contribution in [2.45, 2.75) is 26.3 Å². The molecule has 0 unspecified atom stereocenters. The van der Waals surface area contributed by atoms with Gasteiger partial charge in [0.15, 0.2) is 0 Å². The number of halogens is 3. The van der Waals surface area contributed by atoms with E-state index in [1.54, 1.807) is 36.4 Å². The van der Waals surface area contributed by atoms with Crippen molar-refractivity contribution in [3.8, 4) is 17.0 Å². The Hall–Kier alpha value is -3.82. The summed E-state index contributed by atoms with van der Waals surface area (Å²) < 4.78 is 46.5. The summed E-state index contributed by atoms with van der Waals surface area (Å²) in [6.07, 6.45) is -4.79. The number of alkyl halides is 3. The van der Waals surface area contributed by atoms with Crippen LogP contribution in [0.4, 0.5) is 30.6 Å². The highest BCUT2D eigenvalue weighted by atomic mass is 19.4. The highest BCUT2D eigenvalue weighted by Crippen LogP contribution is 2.29. The van der Waals surface area contributed by atoms with E-state index in [0.717, 1.165) is 0 Å². The van der Waals surface area contributed by atoms with Crippen LogP contribution in [0, 0.1) is 0 Å². The molecule has 0 fully saturated rings. The van der Waals surface area contributed by atoms with E-state index in [1.165, 1.54) is 25.3 Å². The van der Waals surface area contributed by atoms with Crippen molar-refractivity contribution in [3.05, 3.63) is 60.2 Å². The van der Waals surface area contributed by atoms with E-state index in [0.29, 0.717) is 34.3 Å². The molecule has 7 nitrogen and oxygen atoms in total. The Morgan fingerprint density at radius 3 is 2.38 bits per heavy atom. The smallest absolute Gasteiger partial charge is 0.465 e. The van der Waals surface area contributed by atoms with Crippen LogP contribution in [0.1, 0.15) is 24.2 Å². The van der Waals surface area contributed by atoms with E-state index in [9.17, 15) is 18.0 Å². The van der Waals surface area contributed by atoms with E-state index < -0.39 is 12.3 Å². The normalized spacial score (nSPS) is 11.2. The van der Waals surface area contributed by atoms with Gasteiger partial charge in [-0.1, -0.05) is 12.1 Å². The molecule has 0 radical (unpaired) electrons. The number of nitrogens with zero attached hydrogens (tertiary/aromatic N) is 2. The number of ether oxygens (including phenoxy) is 2. The molecule has 3 aromatic rings. The molecule has 10 heteroatoms. The maximum atomic E-state index is 12.6. The number of methoxy groups -OCH3 is 1. The van der Waals surface area contributed by atoms with Crippen molar-refractivity contribution in [3.63, 3.8) is 0 Å². The summed E-state index contributed by atoms with van der Waals surface area (Å²) in [6, 6.07) is 13.7. The predicted molar refractivity (Wildman–Crippen MR) is 114 cm³/mol. The lowest BCUT2D eigenvalue weighted by molar-refractivity contribution is -0.274. The second kappa shape index (κ2) is 9.54. The number of benzene rings is 2. The zero-order valence-electron chi connectivity index (χ0n) is 17.5. The van der Waals surface area contributed by atoms with Gasteiger partial charge in [-0.3, -0.25) is 0 Å². The van der Waals surface area contributed by atoms with Crippen LogP contribution in [0.2, 0.25) is 0 Å². The lowest BCUT2D eigenvalue weighted by Gasteiger charge is -2.14. The Morgan fingerprint density at radius 2 is 1.75 bits per heavy atom. The summed E-state index contributed by atoms with van der Waals surface area (Å²) in [7, 11) is 1.30. The van der Waals surface area contributed by atoms with Crippen molar-refractivity contribution in [1.29, 1.82) is 0 Å². The average molecular weight is 446 g/mol. The van der Waals surface area contributed by atoms with Gasteiger partial charge in [0, 0.05) is 23.4 Å². The molecule has 0 bridgehead atoms. The first-order valence-corrected chi connectivity index (χ1v) is 9.60. The van der Waals surface area contributed by atoms with Crippen molar-refractivity contribution in [2.24, 2.45) is 0 Å². The molecule has 0 amide bonds. The zero-order valence-corrected chi connectivity index (χ0v) is 17.5. The van der Waals surface area contributed by atoms with E-state index in [2.05, 4.69) is 30.1 Å². The van der Waals surface area contributed by atoms with E-state index in [-0.39, 0.29) is 11.8 Å². The number of anilines is 3. The van der Waals surface area contributed by atoms with Gasteiger partial charge in [-0.25, -0.2) is 9.78 Å². The highest BCUT2D eigenvalue weighted by molar-refractivity contribution is 5.89. The third-order valence-electron chi connectivity index (χ3n) is 4.09. The second-order valence-electron chi connectivity index (χ2n) is 7.03. The number of nitrogens with one attached hydrogen (secondary N) is 2. The van der Waals surface area contributed by atoms with Gasteiger partial charge in [0.25, 0.3) is 0 Å². The number of carbonyl (C=O) groups excluding carboxylic acids is 1. The van der Waals surface area contributed by atoms with Gasteiger partial charge in [-0.05, 0) is 50.2 Å². The largest absolute Gasteiger partial charge is 0.573 e. The Balaban J connectivity index is 1.93. The summed E-state index contributed by atoms with van der Waals surface area (Å²) in [5.41, 5.74) is 1.85. The van der Waals surface area contributed by atoms with Crippen LogP contribution in [0.15, 0.2) is 54.6 Å². The van der Waals surface area contributed by atoms with Gasteiger partial charge in [0.05, 0.1) is 18.4 Å². The molecule has 168 valence electrons. The van der Waals surface area contributed by atoms with Gasteiger partial charge < -0.3 is 20.1 Å². The van der Waals surface area contributed by atoms with E-state index >= 15 is 0 Å². The summed E-state index contributed by atoms with van der Waals surface area (Å²) in [5.74, 6) is -0.0930. The van der Waals surface area contributed by atoms with Gasteiger partial charge >= 0.3 is 12.3 Å². The van der Waals surface area contributed by atoms with Crippen molar-refractivity contribution in [1.82, 2.24) is 9.97 Å². The molecule has 0 aliphatic carbocycles. The lowest BCUT2D eigenvalue weighted by Crippen LogP contribution is -2.17. The summed E-state index contributed by atoms with van der Waals surface area (Å²) in [4.78, 5) is 20.4. The molecule has 0 atom stereocenters. The maximum absolute atomic E-state index is 12.6. The van der Waals surface area contributed by atoms with Crippen LogP contribution >= 0.6 is 0 Å². The van der Waals surface area contributed by atoms with Crippen LogP contribution in [0.5, 0.6) is 5.75 Å². The molecular weight excluding hydrogens is 425 g/mol. The van der Waals surface area contributed by atoms with Crippen LogP contribution in [-0.4, -0.2) is 35.5 Å². The minimum absolute atomic E-state index is 0.0253. The third-order valence-corrected chi connectivity index (χ3v) is 4.09. The monoisotopic (exact) mass is 446 g/mol. The van der Waals surface area contributed by atoms with E-state index in [1.807, 2.05) is 13.8 Å². The Morgan fingerprint density at radius 1 is 1.03 bits per heavy atom. The fraction of sp³-hybridized carbons (Fsp3) is 0.227. The fourth-order valence-electron chi connectivity index (χ4n) is 2.79. The molecule has 2 N–H and O–H groups in total. The van der Waals surface area contributed by atoms with Gasteiger partial charge in [0.2, 0.25) is 5.95 Å². The minimum atomic E-state index is -4.79. The Labute approximate surface area is 182 Å². The predicted octanol–water partition coefficient (Wildman–Crippen LogP) is 5.39. The molecule has 1 heterocycles. The van der Waals surface area contributed by atoms with Crippen molar-refractivity contribution < 1.29 is 27.4 Å². The quantitative estimate of drug-likeness (QED) is 0.471. The molecule has 2 aromatic carbocycles. The zero-order chi connectivity index (χ0) is 23.3. The second-order valence-corrected chi connectivity index (χ2v) is 7.03. The van der Waals surface area contributed by atoms with Crippen LogP contribution < -0.4 is 15.4 Å². The molecule has 0 saturated heterocycles. The Kier molecular flexibility index (Phi) is 6.82. The summed E-state index contributed by atoms with van der Waals surface area (Å²) in [5, 5.41) is 6.20. The topological polar surface area (TPSA) is 85.4 Å². The first-order valence-electron chi connectivity index (χ1n) is 9.60. The van der Waals surface area contributed by atoms with Crippen molar-refractivity contribution >= 4 is 23.4 Å². The van der Waals surface area contributed by atoms with Crippen LogP contribution in [0.3, 0.4) is 0 Å². The Bertz CT molecular complexity index is 1090. The van der Waals surface area contributed by atoms with Gasteiger partial charge in [-0.2, -0.15) is 4.98 Å². The average Bonchev–Trinajstić information content (AvgIpc) is 2.72. The first kappa shape index (κ1) is 22.9. The molecule has 0 saturated carbocycles. The number of aromatic nitrogens is 2. The molecule has 0 aliphatic heterocycles. The minimum Gasteiger partial charge on any atom is -0.465 e. The summed E-state index contributed by atoms with van der Waals surface area (Å²) >= 11 is 0. The lowest BCUT2D eigenvalue weighted by atomic mass is 10.1. The van der Waals surface area contributed by atoms with Crippen molar-refractivity contribution in [2.75, 3.05) is 17.7 Å². The molecule has 0 aliphatic rings. The number of rotatable bonds is 7. The van der Waals surface area contributed by atoms with Crippen LogP contribution in [0.25, 0.3) is 11.3 Å². The van der Waals surface area contributed by atoms with Crippen LogP contribution in [-0.2, 0) is 4.74 Å². The molecule has 0 spiro atoms. The molecule has 32 heavy (non-hydrogen) atoms. The summed E-state index contributed by atoms with van der Waals surface area (Å²) in [6.45, 7) is 3.82. The first-order chi connectivity index (χ1) is 15.1. The van der Waals surface area contributed by atoms with E-state index in [4.69, 9.17) is 0 Å².